The molecule has 0 radical (unpaired) electrons. The number of nitrogens with one attached hydrogen (secondary N) is 1. The number of rotatable bonds is 7. The molecule has 5 N–H and O–H groups in total. The first-order valence-corrected chi connectivity index (χ1v) is 11.1. The minimum Gasteiger partial charge on any atom is -0.459 e. The Balaban J connectivity index is 1.49. The summed E-state index contributed by atoms with van der Waals surface area (Å²) >= 11 is 0. The summed E-state index contributed by atoms with van der Waals surface area (Å²) in [4.78, 5) is 29.1. The van der Waals surface area contributed by atoms with Gasteiger partial charge in [-0.3, -0.25) is 4.79 Å². The Morgan fingerprint density at radius 1 is 1.06 bits per heavy atom. The topological polar surface area (TPSA) is 118 Å². The number of nitrogens with two attached hydrogens (primary N) is 2. The number of primary amides is 1. The van der Waals surface area contributed by atoms with Crippen LogP contribution in [-0.2, 0) is 6.42 Å². The summed E-state index contributed by atoms with van der Waals surface area (Å²) in [5.74, 6) is 0.0184. The maximum atomic E-state index is 13.4. The third kappa shape index (κ3) is 5.53. The molecule has 4 rings (SSSR count). The van der Waals surface area contributed by atoms with Gasteiger partial charge in [0.2, 0.25) is 0 Å². The number of likely N-dealkylation sites (tertiary alicyclic amines) is 1. The molecule has 2 heterocycles. The van der Waals surface area contributed by atoms with E-state index in [9.17, 15) is 9.59 Å². The summed E-state index contributed by atoms with van der Waals surface area (Å²) in [5, 5.41) is 2.64. The van der Waals surface area contributed by atoms with E-state index in [-0.39, 0.29) is 17.7 Å². The fraction of sp³-hybridized carbons (Fsp3) is 0.280. The average Bonchev–Trinajstić information content (AvgIpc) is 3.35. The number of benzene rings is 2. The van der Waals surface area contributed by atoms with Crippen molar-refractivity contribution in [2.75, 3.05) is 35.6 Å². The molecule has 0 atom stereocenters. The van der Waals surface area contributed by atoms with Gasteiger partial charge < -0.3 is 31.0 Å². The van der Waals surface area contributed by atoms with Gasteiger partial charge in [0.25, 0.3) is 5.91 Å². The van der Waals surface area contributed by atoms with E-state index in [2.05, 4.69) is 16.3 Å². The number of nitrogen functional groups attached to an aromatic ring is 1. The van der Waals surface area contributed by atoms with E-state index < -0.39 is 6.03 Å². The third-order valence-corrected chi connectivity index (χ3v) is 5.96. The minimum atomic E-state index is -0.677. The molecule has 172 valence electrons. The SMILES string of the molecule is NC(=O)Nc1ccccc1N(C(=O)c1ccco1)C1CCN(CCc2cccc(N)c2)CC1. The zero-order chi connectivity index (χ0) is 23.2. The van der Waals surface area contributed by atoms with Crippen LogP contribution in [0.4, 0.5) is 21.9 Å². The van der Waals surface area contributed by atoms with E-state index in [0.29, 0.717) is 11.4 Å². The molecule has 0 unspecified atom stereocenters. The first-order chi connectivity index (χ1) is 16.0. The Morgan fingerprint density at radius 3 is 2.55 bits per heavy atom. The molecule has 3 amide bonds. The molecule has 1 aliphatic heterocycles. The monoisotopic (exact) mass is 447 g/mol. The molecule has 0 aliphatic carbocycles. The molecule has 33 heavy (non-hydrogen) atoms. The molecule has 8 nitrogen and oxygen atoms in total. The van der Waals surface area contributed by atoms with Crippen LogP contribution >= 0.6 is 0 Å². The fourth-order valence-electron chi connectivity index (χ4n) is 4.35. The highest BCUT2D eigenvalue weighted by Crippen LogP contribution is 2.32. The van der Waals surface area contributed by atoms with Crippen molar-refractivity contribution in [1.82, 2.24) is 4.90 Å². The number of furan rings is 1. The lowest BCUT2D eigenvalue weighted by molar-refractivity contribution is 0.0933. The largest absolute Gasteiger partial charge is 0.459 e. The summed E-state index contributed by atoms with van der Waals surface area (Å²) < 4.78 is 5.40. The van der Waals surface area contributed by atoms with Crippen LogP contribution in [0.1, 0.15) is 29.0 Å². The Bertz CT molecular complexity index is 1090. The summed E-state index contributed by atoms with van der Waals surface area (Å²) in [6.07, 6.45) is 4.01. The van der Waals surface area contributed by atoms with Crippen LogP contribution in [0, 0.1) is 0 Å². The first kappa shape index (κ1) is 22.4. The number of hydrogen-bond acceptors (Lipinski definition) is 5. The van der Waals surface area contributed by atoms with Crippen molar-refractivity contribution in [3.05, 3.63) is 78.3 Å². The second kappa shape index (κ2) is 10.2. The Morgan fingerprint density at radius 2 is 1.85 bits per heavy atom. The number of carbonyl (C=O) groups is 2. The molecular weight excluding hydrogens is 418 g/mol. The number of nitrogens with zero attached hydrogens (tertiary/aromatic N) is 2. The standard InChI is InChI=1S/C25H29N5O3/c26-19-6-3-5-18(17-19)10-13-29-14-11-20(12-15-29)30(24(31)23-9-4-16-33-23)22-8-2-1-7-21(22)28-25(27)32/h1-9,16-17,20H,10-15,26H2,(H3,27,28,32). The van der Waals surface area contributed by atoms with Gasteiger partial charge in [-0.2, -0.15) is 0 Å². The van der Waals surface area contributed by atoms with Gasteiger partial charge in [0, 0.05) is 31.4 Å². The second-order valence-electron chi connectivity index (χ2n) is 8.23. The van der Waals surface area contributed by atoms with Crippen LogP contribution in [0.25, 0.3) is 0 Å². The lowest BCUT2D eigenvalue weighted by atomic mass is 10.0. The van der Waals surface area contributed by atoms with E-state index in [0.717, 1.165) is 44.6 Å². The minimum absolute atomic E-state index is 0.0398. The molecule has 0 saturated carbocycles. The van der Waals surface area contributed by atoms with Crippen molar-refractivity contribution in [2.24, 2.45) is 5.73 Å². The highest BCUT2D eigenvalue weighted by atomic mass is 16.3. The number of urea groups is 1. The lowest BCUT2D eigenvalue weighted by Gasteiger charge is -2.39. The maximum Gasteiger partial charge on any atom is 0.316 e. The molecule has 1 saturated heterocycles. The number of piperidine rings is 1. The van der Waals surface area contributed by atoms with Crippen molar-refractivity contribution in [3.63, 3.8) is 0 Å². The summed E-state index contributed by atoms with van der Waals surface area (Å²) in [5.41, 5.74) is 14.4. The lowest BCUT2D eigenvalue weighted by Crippen LogP contribution is -2.48. The highest BCUT2D eigenvalue weighted by Gasteiger charge is 2.32. The Hall–Kier alpha value is -3.78. The van der Waals surface area contributed by atoms with E-state index in [4.69, 9.17) is 15.9 Å². The van der Waals surface area contributed by atoms with Crippen molar-refractivity contribution in [3.8, 4) is 0 Å². The van der Waals surface area contributed by atoms with Gasteiger partial charge in [0.15, 0.2) is 5.76 Å². The van der Waals surface area contributed by atoms with Crippen molar-refractivity contribution >= 4 is 29.0 Å². The molecule has 1 aromatic heterocycles. The first-order valence-electron chi connectivity index (χ1n) is 11.1. The van der Waals surface area contributed by atoms with Crippen molar-refractivity contribution < 1.29 is 14.0 Å². The second-order valence-corrected chi connectivity index (χ2v) is 8.23. The van der Waals surface area contributed by atoms with Crippen molar-refractivity contribution in [2.45, 2.75) is 25.3 Å². The zero-order valence-corrected chi connectivity index (χ0v) is 18.4. The molecule has 1 fully saturated rings. The smallest absolute Gasteiger partial charge is 0.316 e. The molecular formula is C25H29N5O3. The predicted octanol–water partition coefficient (Wildman–Crippen LogP) is 3.71. The van der Waals surface area contributed by atoms with Gasteiger partial charge in [-0.15, -0.1) is 0 Å². The molecule has 0 spiro atoms. The molecule has 1 aliphatic rings. The van der Waals surface area contributed by atoms with Crippen LogP contribution in [-0.4, -0.2) is 42.5 Å². The fourth-order valence-corrected chi connectivity index (χ4v) is 4.35. The Kier molecular flexibility index (Phi) is 6.95. The van der Waals surface area contributed by atoms with E-state index >= 15 is 0 Å². The van der Waals surface area contributed by atoms with Crippen LogP contribution < -0.4 is 21.7 Å². The quantitative estimate of drug-likeness (QED) is 0.477. The third-order valence-electron chi connectivity index (χ3n) is 5.96. The molecule has 2 aromatic carbocycles. The van der Waals surface area contributed by atoms with Gasteiger partial charge in [0.05, 0.1) is 17.6 Å². The van der Waals surface area contributed by atoms with Gasteiger partial charge in [-0.1, -0.05) is 24.3 Å². The van der Waals surface area contributed by atoms with E-state index in [1.165, 1.54) is 11.8 Å². The Labute approximate surface area is 193 Å². The number of hydrogen-bond donors (Lipinski definition) is 3. The summed E-state index contributed by atoms with van der Waals surface area (Å²) in [6.45, 7) is 2.66. The number of anilines is 3. The van der Waals surface area contributed by atoms with Gasteiger partial charge in [0.1, 0.15) is 0 Å². The number of carbonyl (C=O) groups excluding carboxylic acids is 2. The van der Waals surface area contributed by atoms with Crippen LogP contribution in [0.3, 0.4) is 0 Å². The van der Waals surface area contributed by atoms with E-state index in [1.807, 2.05) is 30.3 Å². The van der Waals surface area contributed by atoms with Crippen LogP contribution in [0.2, 0.25) is 0 Å². The molecule has 0 bridgehead atoms. The predicted molar refractivity (Wildman–Crippen MR) is 129 cm³/mol. The van der Waals surface area contributed by atoms with E-state index in [1.54, 1.807) is 29.2 Å². The normalized spacial score (nSPS) is 14.7. The maximum absolute atomic E-state index is 13.4. The van der Waals surface area contributed by atoms with Crippen molar-refractivity contribution in [1.29, 1.82) is 0 Å². The highest BCUT2D eigenvalue weighted by molar-refractivity contribution is 6.07. The number of amides is 3. The molecule has 3 aromatic rings. The van der Waals surface area contributed by atoms with Gasteiger partial charge in [-0.05, 0) is 61.2 Å². The zero-order valence-electron chi connectivity index (χ0n) is 18.4. The van der Waals surface area contributed by atoms with Crippen LogP contribution in [0.15, 0.2) is 71.3 Å². The average molecular weight is 448 g/mol. The molecule has 8 heteroatoms. The van der Waals surface area contributed by atoms with Gasteiger partial charge in [-0.25, -0.2) is 4.79 Å². The number of para-hydroxylation sites is 2. The summed E-state index contributed by atoms with van der Waals surface area (Å²) in [6, 6.07) is 17.8. The van der Waals surface area contributed by atoms with Crippen LogP contribution in [0.5, 0.6) is 0 Å². The van der Waals surface area contributed by atoms with Gasteiger partial charge >= 0.3 is 6.03 Å². The summed E-state index contributed by atoms with van der Waals surface area (Å²) in [7, 11) is 0.